The van der Waals surface area contributed by atoms with Crippen LogP contribution in [-0.2, 0) is 14.4 Å². The van der Waals surface area contributed by atoms with Crippen molar-refractivity contribution in [3.8, 4) is 0 Å². The van der Waals surface area contributed by atoms with Crippen LogP contribution in [0.5, 0.6) is 0 Å². The van der Waals surface area contributed by atoms with E-state index >= 15 is 0 Å². The molecule has 0 aromatic heterocycles. The normalized spacial score (nSPS) is 13.7. The second-order valence-corrected chi connectivity index (χ2v) is 3.75. The van der Waals surface area contributed by atoms with E-state index in [2.05, 4.69) is 35.9 Å². The minimum absolute atomic E-state index is 0.0273. The fraction of sp³-hybridized carbons (Fsp3) is 0.625. The summed E-state index contributed by atoms with van der Waals surface area (Å²) < 4.78 is 0. The lowest BCUT2D eigenvalue weighted by atomic mass is 10.2. The quantitative estimate of drug-likeness (QED) is 0.395. The first kappa shape index (κ1) is 15.1. The van der Waals surface area contributed by atoms with Crippen LogP contribution < -0.4 is 10.6 Å². The molecule has 0 saturated carbocycles. The molecule has 0 aliphatic rings. The maximum Gasteiger partial charge on any atom is 0.327 e. The summed E-state index contributed by atoms with van der Waals surface area (Å²) in [6.45, 7) is 1.26. The molecule has 16 heavy (non-hydrogen) atoms. The Morgan fingerprint density at radius 3 is 1.94 bits per heavy atom. The predicted molar refractivity (Wildman–Crippen MR) is 64.9 cm³/mol. The largest absolute Gasteiger partial charge is 0.480 e. The Morgan fingerprint density at radius 1 is 1.12 bits per heavy atom. The lowest BCUT2D eigenvalue weighted by molar-refractivity contribution is -0.141. The highest BCUT2D eigenvalue weighted by atomic mass is 32.1. The van der Waals surface area contributed by atoms with Gasteiger partial charge in [0.25, 0.3) is 0 Å². The molecule has 2 atom stereocenters. The van der Waals surface area contributed by atoms with Crippen molar-refractivity contribution in [3.63, 3.8) is 0 Å². The number of carboxylic acid groups (broad SMARTS) is 1. The first-order valence-corrected chi connectivity index (χ1v) is 5.70. The highest BCUT2D eigenvalue weighted by molar-refractivity contribution is 7.80. The Bertz CT molecular complexity index is 285. The Balaban J connectivity index is 4.40. The van der Waals surface area contributed by atoms with Crippen molar-refractivity contribution < 1.29 is 19.5 Å². The van der Waals surface area contributed by atoms with Crippen molar-refractivity contribution in [1.82, 2.24) is 10.6 Å². The zero-order chi connectivity index (χ0) is 12.7. The van der Waals surface area contributed by atoms with Crippen LogP contribution in [0.1, 0.15) is 6.92 Å². The molecule has 0 fully saturated rings. The summed E-state index contributed by atoms with van der Waals surface area (Å²) in [5.41, 5.74) is 0. The molecule has 1 unspecified atom stereocenters. The molecular formula is C8H14N2O4S2. The number of carbonyl (C=O) groups excluding carboxylic acids is 2. The Hall–Kier alpha value is -0.890. The highest BCUT2D eigenvalue weighted by Gasteiger charge is 2.23. The molecule has 2 amide bonds. The van der Waals surface area contributed by atoms with Crippen LogP contribution in [-0.4, -0.2) is 46.5 Å². The van der Waals surface area contributed by atoms with Gasteiger partial charge in [0.15, 0.2) is 0 Å². The van der Waals surface area contributed by atoms with E-state index in [1.165, 1.54) is 6.92 Å². The lowest BCUT2D eigenvalue weighted by Crippen LogP contribution is -2.52. The van der Waals surface area contributed by atoms with Gasteiger partial charge in [-0.2, -0.15) is 25.3 Å². The molecule has 0 spiro atoms. The summed E-state index contributed by atoms with van der Waals surface area (Å²) in [5, 5.41) is 13.3. The molecule has 0 aromatic carbocycles. The average molecular weight is 266 g/mol. The Kier molecular flexibility index (Phi) is 6.98. The maximum atomic E-state index is 11.5. The van der Waals surface area contributed by atoms with Crippen LogP contribution in [0.3, 0.4) is 0 Å². The highest BCUT2D eigenvalue weighted by Crippen LogP contribution is 1.93. The van der Waals surface area contributed by atoms with Crippen molar-refractivity contribution >= 4 is 43.0 Å². The van der Waals surface area contributed by atoms with Crippen LogP contribution in [0.2, 0.25) is 0 Å². The van der Waals surface area contributed by atoms with Crippen molar-refractivity contribution in [2.24, 2.45) is 0 Å². The number of rotatable bonds is 6. The number of carbonyl (C=O) groups is 3. The van der Waals surface area contributed by atoms with Gasteiger partial charge in [0.2, 0.25) is 11.8 Å². The first-order chi connectivity index (χ1) is 7.42. The number of hydrogen-bond donors (Lipinski definition) is 5. The minimum Gasteiger partial charge on any atom is -0.480 e. The van der Waals surface area contributed by atoms with Gasteiger partial charge in [0.1, 0.15) is 12.1 Å². The number of aliphatic carboxylic acids is 1. The molecule has 0 bridgehead atoms. The molecule has 3 N–H and O–H groups in total. The molecular weight excluding hydrogens is 252 g/mol. The standard InChI is InChI=1S/C8H14N2O4S2/c1-4(11)9-5(2-15)7(12)10-6(3-16)8(13)14/h5-6,15-16H,2-3H2,1H3,(H,9,11)(H,10,12)(H,13,14)/t5?,6-/m0/s1. The zero-order valence-electron chi connectivity index (χ0n) is 8.64. The first-order valence-electron chi connectivity index (χ1n) is 4.44. The smallest absolute Gasteiger partial charge is 0.327 e. The fourth-order valence-electron chi connectivity index (χ4n) is 0.897. The van der Waals surface area contributed by atoms with Crippen molar-refractivity contribution in [2.45, 2.75) is 19.0 Å². The number of carboxylic acids is 1. The van der Waals surface area contributed by atoms with Gasteiger partial charge in [-0.3, -0.25) is 9.59 Å². The maximum absolute atomic E-state index is 11.5. The summed E-state index contributed by atoms with van der Waals surface area (Å²) in [7, 11) is 0. The topological polar surface area (TPSA) is 95.5 Å². The second-order valence-electron chi connectivity index (χ2n) is 3.02. The van der Waals surface area contributed by atoms with E-state index in [4.69, 9.17) is 5.11 Å². The number of amides is 2. The molecule has 0 rings (SSSR count). The lowest BCUT2D eigenvalue weighted by Gasteiger charge is -2.18. The van der Waals surface area contributed by atoms with Crippen molar-refractivity contribution in [3.05, 3.63) is 0 Å². The van der Waals surface area contributed by atoms with Crippen LogP contribution >= 0.6 is 25.3 Å². The number of hydrogen-bond acceptors (Lipinski definition) is 5. The average Bonchev–Trinajstić information content (AvgIpc) is 2.21. The molecule has 6 nitrogen and oxygen atoms in total. The van der Waals surface area contributed by atoms with Gasteiger partial charge >= 0.3 is 5.97 Å². The molecule has 8 heteroatoms. The van der Waals surface area contributed by atoms with Gasteiger partial charge in [-0.25, -0.2) is 4.79 Å². The minimum atomic E-state index is -1.18. The summed E-state index contributed by atoms with van der Waals surface area (Å²) in [6.07, 6.45) is 0. The molecule has 0 radical (unpaired) electrons. The molecule has 0 aliphatic carbocycles. The zero-order valence-corrected chi connectivity index (χ0v) is 10.4. The van der Waals surface area contributed by atoms with E-state index in [0.717, 1.165) is 0 Å². The summed E-state index contributed by atoms with van der Waals surface area (Å²) in [5.74, 6) is -2.09. The third-order valence-electron chi connectivity index (χ3n) is 1.67. The van der Waals surface area contributed by atoms with Gasteiger partial charge in [-0.05, 0) is 0 Å². The summed E-state index contributed by atoms with van der Waals surface area (Å²) in [4.78, 5) is 32.9. The van der Waals surface area contributed by atoms with Crippen LogP contribution in [0.25, 0.3) is 0 Å². The van der Waals surface area contributed by atoms with Gasteiger partial charge in [0.05, 0.1) is 0 Å². The van der Waals surface area contributed by atoms with Crippen LogP contribution in [0, 0.1) is 0 Å². The van der Waals surface area contributed by atoms with Crippen molar-refractivity contribution in [2.75, 3.05) is 11.5 Å². The molecule has 0 aliphatic heterocycles. The number of nitrogens with one attached hydrogen (secondary N) is 2. The van der Waals surface area contributed by atoms with Crippen LogP contribution in [0.4, 0.5) is 0 Å². The van der Waals surface area contributed by atoms with Gasteiger partial charge in [-0.1, -0.05) is 0 Å². The van der Waals surface area contributed by atoms with E-state index in [1.54, 1.807) is 0 Å². The van der Waals surface area contributed by atoms with E-state index < -0.39 is 24.0 Å². The summed E-state index contributed by atoms with van der Waals surface area (Å²) in [6, 6.07) is -1.92. The predicted octanol–water partition coefficient (Wildman–Crippen LogP) is -1.08. The molecule has 92 valence electrons. The van der Waals surface area contributed by atoms with E-state index in [-0.39, 0.29) is 17.4 Å². The van der Waals surface area contributed by atoms with Gasteiger partial charge < -0.3 is 15.7 Å². The molecule has 0 heterocycles. The molecule has 0 aromatic rings. The fourth-order valence-corrected chi connectivity index (χ4v) is 1.40. The van der Waals surface area contributed by atoms with Crippen LogP contribution in [0.15, 0.2) is 0 Å². The third kappa shape index (κ3) is 5.26. The summed E-state index contributed by atoms with van der Waals surface area (Å²) >= 11 is 7.69. The van der Waals surface area contributed by atoms with E-state index in [0.29, 0.717) is 0 Å². The number of thiol groups is 2. The second kappa shape index (κ2) is 7.39. The third-order valence-corrected chi connectivity index (χ3v) is 2.40. The van der Waals surface area contributed by atoms with E-state index in [9.17, 15) is 14.4 Å². The monoisotopic (exact) mass is 266 g/mol. The Morgan fingerprint density at radius 2 is 1.62 bits per heavy atom. The Labute approximate surface area is 104 Å². The van der Waals surface area contributed by atoms with Gasteiger partial charge in [-0.15, -0.1) is 0 Å². The molecule has 0 saturated heterocycles. The SMILES string of the molecule is CC(=O)NC(CS)C(=O)N[C@@H](CS)C(=O)O. The van der Waals surface area contributed by atoms with Gasteiger partial charge in [0, 0.05) is 18.4 Å². The van der Waals surface area contributed by atoms with Crippen molar-refractivity contribution in [1.29, 1.82) is 0 Å². The van der Waals surface area contributed by atoms with E-state index in [1.807, 2.05) is 0 Å².